The fraction of sp³-hybridized carbons (Fsp3) is 0. The maximum absolute atomic E-state index is 14.4. The summed E-state index contributed by atoms with van der Waals surface area (Å²) in [4.78, 5) is 7.62. The van der Waals surface area contributed by atoms with E-state index in [-0.39, 0.29) is 0 Å². The Labute approximate surface area is 451 Å². The summed E-state index contributed by atoms with van der Waals surface area (Å²) in [5.41, 5.74) is -11.7. The molecule has 0 unspecified atom stereocenters. The van der Waals surface area contributed by atoms with Gasteiger partial charge in [-0.25, -0.2) is 137 Å². The summed E-state index contributed by atoms with van der Waals surface area (Å²) >= 11 is 0. The lowest BCUT2D eigenvalue weighted by molar-refractivity contribution is 0.380. The molecular formula is C51H12B2F30N2. The zero-order valence-corrected chi connectivity index (χ0v) is 39.8. The second-order valence-electron chi connectivity index (χ2n) is 16.6. The lowest BCUT2D eigenvalue weighted by atomic mass is 9.36. The molecule has 1 heterocycles. The van der Waals surface area contributed by atoms with Crippen LogP contribution in [-0.4, -0.2) is 23.4 Å². The maximum atomic E-state index is 14.4. The van der Waals surface area contributed by atoms with Gasteiger partial charge in [-0.2, -0.15) is 0 Å². The van der Waals surface area contributed by atoms with E-state index in [9.17, 15) is 132 Å². The number of hydrogen-bond donors (Lipinski definition) is 1. The van der Waals surface area contributed by atoms with Crippen molar-refractivity contribution >= 4 is 46.2 Å². The molecule has 2 nitrogen and oxygen atoms in total. The molecule has 0 aliphatic heterocycles. The number of hydrogen-bond acceptors (Lipinski definition) is 1. The molecule has 0 amide bonds. The van der Waals surface area contributed by atoms with E-state index in [1.807, 2.05) is 36.4 Å². The van der Waals surface area contributed by atoms with Crippen molar-refractivity contribution in [2.45, 2.75) is 0 Å². The number of benzene rings is 8. The van der Waals surface area contributed by atoms with E-state index >= 15 is 0 Å². The number of H-pyrrole nitrogens is 1. The lowest BCUT2D eigenvalue weighted by Crippen LogP contribution is -2.60. The van der Waals surface area contributed by atoms with Gasteiger partial charge in [-0.3, -0.25) is 0 Å². The van der Waals surface area contributed by atoms with E-state index < -0.39 is 221 Å². The smallest absolute Gasteiger partial charge is 0.265 e. The molecule has 1 aromatic heterocycles. The molecule has 0 atom stereocenters. The highest BCUT2D eigenvalue weighted by Crippen LogP contribution is 2.30. The Balaban J connectivity index is 0.000000192. The zero-order chi connectivity index (χ0) is 63.4. The van der Waals surface area contributed by atoms with E-state index in [0.717, 1.165) is 22.5 Å². The van der Waals surface area contributed by atoms with E-state index in [0.29, 0.717) is 0 Å². The molecule has 0 fully saturated rings. The first-order valence-electron chi connectivity index (χ1n) is 22.0. The van der Waals surface area contributed by atoms with Gasteiger partial charge in [0.25, 0.3) is 13.4 Å². The second-order valence-corrected chi connectivity index (χ2v) is 16.6. The van der Waals surface area contributed by atoms with Gasteiger partial charge >= 0.3 is 0 Å². The molecule has 0 saturated heterocycles. The second kappa shape index (κ2) is 24.3. The molecule has 0 aliphatic rings. The average molecular weight is 1240 g/mol. The topological polar surface area (TPSA) is 28.7 Å². The van der Waals surface area contributed by atoms with Crippen LogP contribution in [0.15, 0.2) is 67.0 Å². The predicted molar refractivity (Wildman–Crippen MR) is 236 cm³/mol. The highest BCUT2D eigenvalue weighted by Gasteiger charge is 2.47. The van der Waals surface area contributed by atoms with Crippen molar-refractivity contribution in [3.8, 4) is 22.5 Å². The molecule has 0 bridgehead atoms. The standard InChI is InChI=1S/2C18BF15.C15H12N2/c2*20-4-1(5(21)11(27)16(32)10(4)26)19(2-6(22)12(28)17(33)13(29)7(2)23)3-8(24)14(30)18(34)15(31)9(3)25;1-3-7-12(8-4-1)14-15(17-11-16-14)13-9-5-2-6-10-13/h;;1-11H,(H,16,17). The number of nitrogens with one attached hydrogen (secondary N) is 1. The van der Waals surface area contributed by atoms with Crippen molar-refractivity contribution < 1.29 is 132 Å². The summed E-state index contributed by atoms with van der Waals surface area (Å²) in [6, 6.07) is 20.5. The summed E-state index contributed by atoms with van der Waals surface area (Å²) in [6.45, 7) is -7.92. The maximum Gasteiger partial charge on any atom is 0.265 e. The third-order valence-electron chi connectivity index (χ3n) is 11.9. The minimum absolute atomic E-state index is 0.997. The molecule has 9 aromatic rings. The van der Waals surface area contributed by atoms with Crippen LogP contribution in [0.3, 0.4) is 0 Å². The summed E-state index contributed by atoms with van der Waals surface area (Å²) in [7, 11) is 0. The van der Waals surface area contributed by atoms with Crippen LogP contribution in [0.2, 0.25) is 0 Å². The van der Waals surface area contributed by atoms with E-state index in [4.69, 9.17) is 0 Å². The molecule has 85 heavy (non-hydrogen) atoms. The largest absolute Gasteiger partial charge is 0.344 e. The fourth-order valence-electron chi connectivity index (χ4n) is 8.05. The summed E-state index contributed by atoms with van der Waals surface area (Å²) in [5, 5.41) is 0. The normalized spacial score (nSPS) is 11.2. The van der Waals surface area contributed by atoms with Crippen LogP contribution in [0, 0.1) is 175 Å². The fourth-order valence-corrected chi connectivity index (χ4v) is 8.05. The van der Waals surface area contributed by atoms with Crippen LogP contribution in [0.4, 0.5) is 132 Å². The van der Waals surface area contributed by atoms with Gasteiger partial charge < -0.3 is 4.98 Å². The zero-order valence-electron chi connectivity index (χ0n) is 39.8. The molecule has 1 N–H and O–H groups in total. The van der Waals surface area contributed by atoms with Gasteiger partial charge in [0.1, 0.15) is 0 Å². The summed E-state index contributed by atoms with van der Waals surface area (Å²) in [5.74, 6) is -90.4. The number of nitrogens with zero attached hydrogens (tertiary/aromatic N) is 1. The molecule has 0 spiro atoms. The van der Waals surface area contributed by atoms with Crippen LogP contribution in [0.1, 0.15) is 0 Å². The van der Waals surface area contributed by atoms with Gasteiger partial charge in [0, 0.05) is 43.9 Å². The van der Waals surface area contributed by atoms with Crippen LogP contribution in [0.25, 0.3) is 22.5 Å². The lowest BCUT2D eigenvalue weighted by Gasteiger charge is -2.21. The van der Waals surface area contributed by atoms with Gasteiger partial charge in [0.05, 0.1) is 17.7 Å². The van der Waals surface area contributed by atoms with Gasteiger partial charge in [-0.05, 0) is 0 Å². The minimum atomic E-state index is -3.96. The molecule has 8 aromatic carbocycles. The Hall–Kier alpha value is -9.00. The van der Waals surface area contributed by atoms with Crippen LogP contribution in [0.5, 0.6) is 0 Å². The minimum Gasteiger partial charge on any atom is -0.344 e. The Morgan fingerprint density at radius 2 is 0.376 bits per heavy atom. The van der Waals surface area contributed by atoms with Crippen molar-refractivity contribution in [2.24, 2.45) is 0 Å². The molecule has 0 saturated carbocycles. The third-order valence-corrected chi connectivity index (χ3v) is 11.9. The quantitative estimate of drug-likeness (QED) is 0.0698. The van der Waals surface area contributed by atoms with E-state index in [1.54, 1.807) is 6.33 Å². The molecular weight excluding hydrogens is 1230 g/mol. The first-order chi connectivity index (χ1) is 39.8. The first-order valence-corrected chi connectivity index (χ1v) is 22.0. The highest BCUT2D eigenvalue weighted by atomic mass is 19.2. The van der Waals surface area contributed by atoms with E-state index in [1.165, 1.54) is 0 Å². The van der Waals surface area contributed by atoms with Gasteiger partial charge in [-0.1, -0.05) is 60.7 Å². The van der Waals surface area contributed by atoms with Crippen molar-refractivity contribution in [3.63, 3.8) is 0 Å². The Morgan fingerprint density at radius 3 is 0.565 bits per heavy atom. The molecule has 0 aliphatic carbocycles. The SMILES string of the molecule is Fc1c(F)c(F)c(B(c2c(F)c(F)c(F)c(F)c2F)c2c(F)c(F)c(F)c(F)c2F)c(F)c1F.Fc1c(F)c(F)c(B(c2c(F)c(F)c(F)c(F)c2F)c2c(F)c(F)c(F)c(F)c2F)c(F)c1F.c1ccc(-c2nc[nH]c2-c2ccccc2)cc1. The van der Waals surface area contributed by atoms with Crippen molar-refractivity contribution in [3.05, 3.63) is 242 Å². The van der Waals surface area contributed by atoms with Gasteiger partial charge in [0.15, 0.2) is 175 Å². The number of imidazole rings is 1. The van der Waals surface area contributed by atoms with Crippen molar-refractivity contribution in [1.82, 2.24) is 9.97 Å². The highest BCUT2D eigenvalue weighted by molar-refractivity contribution is 6.96. The Morgan fingerprint density at radius 1 is 0.212 bits per heavy atom. The van der Waals surface area contributed by atoms with Crippen molar-refractivity contribution in [2.75, 3.05) is 0 Å². The first kappa shape index (κ1) is 63.6. The van der Waals surface area contributed by atoms with Crippen LogP contribution < -0.4 is 32.8 Å². The monoisotopic (exact) mass is 1240 g/mol. The number of rotatable bonds is 8. The Kier molecular flexibility index (Phi) is 18.2. The summed E-state index contributed by atoms with van der Waals surface area (Å²) < 4.78 is 417. The molecule has 442 valence electrons. The van der Waals surface area contributed by atoms with Gasteiger partial charge in [0.2, 0.25) is 0 Å². The van der Waals surface area contributed by atoms with Gasteiger partial charge in [-0.15, -0.1) is 0 Å². The Bertz CT molecular complexity index is 3390. The average Bonchev–Trinajstić information content (AvgIpc) is 1.54. The molecule has 9 rings (SSSR count). The summed E-state index contributed by atoms with van der Waals surface area (Å²) in [6.07, 6.45) is 1.74. The number of aromatic nitrogens is 2. The number of aromatic amines is 1. The molecule has 0 radical (unpaired) electrons. The van der Waals surface area contributed by atoms with E-state index in [2.05, 4.69) is 34.2 Å². The number of halogens is 30. The molecule has 34 heteroatoms. The van der Waals surface area contributed by atoms with Crippen LogP contribution in [-0.2, 0) is 0 Å². The van der Waals surface area contributed by atoms with Crippen molar-refractivity contribution in [1.29, 1.82) is 0 Å². The van der Waals surface area contributed by atoms with Crippen LogP contribution >= 0.6 is 0 Å². The third kappa shape index (κ3) is 10.7. The predicted octanol–water partition coefficient (Wildman–Crippen LogP) is 12.3.